The van der Waals surface area contributed by atoms with E-state index >= 15 is 0 Å². The van der Waals surface area contributed by atoms with E-state index in [2.05, 4.69) is 15.6 Å². The van der Waals surface area contributed by atoms with Gasteiger partial charge in [0.1, 0.15) is 17.3 Å². The molecule has 1 atom stereocenters. The number of carbonyl (C=O) groups is 2. The third-order valence-electron chi connectivity index (χ3n) is 6.72. The molecule has 0 radical (unpaired) electrons. The molecule has 0 spiro atoms. The van der Waals surface area contributed by atoms with E-state index in [1.807, 2.05) is 0 Å². The number of hydrogen-bond donors (Lipinski definition) is 2. The van der Waals surface area contributed by atoms with Gasteiger partial charge in [-0.25, -0.2) is 13.8 Å². The molecule has 2 aromatic heterocycles. The molecule has 2 amide bonds. The summed E-state index contributed by atoms with van der Waals surface area (Å²) in [5.41, 5.74) is 0.422. The minimum Gasteiger partial charge on any atom is -0.341 e. The number of rotatable bonds is 4. The lowest BCUT2D eigenvalue weighted by molar-refractivity contribution is -0.137. The molecule has 3 aromatic carbocycles. The molecule has 5 aromatic rings. The molecule has 0 saturated carbocycles. The average molecular weight is 583 g/mol. The van der Waals surface area contributed by atoms with E-state index < -0.39 is 46.8 Å². The lowest BCUT2D eigenvalue weighted by Crippen LogP contribution is -2.21. The second-order valence-electron chi connectivity index (χ2n) is 9.35. The van der Waals surface area contributed by atoms with Crippen molar-refractivity contribution < 1.29 is 31.5 Å². The molecule has 3 heterocycles. The number of hydrogen-bond acceptors (Lipinski definition) is 3. The summed E-state index contributed by atoms with van der Waals surface area (Å²) >= 11 is 6.33. The van der Waals surface area contributed by atoms with Gasteiger partial charge >= 0.3 is 6.18 Å². The van der Waals surface area contributed by atoms with Crippen LogP contribution < -0.4 is 10.6 Å². The van der Waals surface area contributed by atoms with Gasteiger partial charge in [0.2, 0.25) is 0 Å². The maximum absolute atomic E-state index is 14.2. The second kappa shape index (κ2) is 9.70. The van der Waals surface area contributed by atoms with Crippen molar-refractivity contribution in [2.45, 2.75) is 12.2 Å². The van der Waals surface area contributed by atoms with E-state index in [1.54, 1.807) is 41.2 Å². The number of benzene rings is 3. The minimum atomic E-state index is -4.89. The smallest absolute Gasteiger partial charge is 0.341 e. The Kier molecular flexibility index (Phi) is 6.26. The molecule has 0 saturated heterocycles. The zero-order chi connectivity index (χ0) is 29.1. The van der Waals surface area contributed by atoms with Gasteiger partial charge in [-0.1, -0.05) is 11.6 Å². The maximum atomic E-state index is 14.2. The molecule has 0 bridgehead atoms. The summed E-state index contributed by atoms with van der Waals surface area (Å²) in [7, 11) is 0. The number of aromatic nitrogens is 2. The highest BCUT2D eigenvalue weighted by Crippen LogP contribution is 2.42. The summed E-state index contributed by atoms with van der Waals surface area (Å²) < 4.78 is 69.9. The molecular weight excluding hydrogens is 567 g/mol. The number of fused-ring (bicyclic) bond motifs is 2. The summed E-state index contributed by atoms with van der Waals surface area (Å²) in [6.45, 7) is 0. The molecule has 12 heteroatoms. The van der Waals surface area contributed by atoms with Crippen molar-refractivity contribution >= 4 is 34.7 Å². The normalized spacial score (nSPS) is 14.7. The van der Waals surface area contributed by atoms with Gasteiger partial charge in [-0.15, -0.1) is 0 Å². The number of carbonyl (C=O) groups excluding carboxylic acids is 2. The van der Waals surface area contributed by atoms with Gasteiger partial charge in [0, 0.05) is 51.6 Å². The lowest BCUT2D eigenvalue weighted by Gasteiger charge is -2.19. The third-order valence-corrected chi connectivity index (χ3v) is 7.06. The number of anilines is 1. The Balaban J connectivity index is 1.51. The van der Waals surface area contributed by atoms with Crippen LogP contribution in [-0.2, 0) is 6.18 Å². The highest BCUT2D eigenvalue weighted by Gasteiger charge is 2.36. The van der Waals surface area contributed by atoms with Gasteiger partial charge in [-0.05, 0) is 71.8 Å². The predicted octanol–water partition coefficient (Wildman–Crippen LogP) is 7.04. The number of amides is 2. The first kappa shape index (κ1) is 26.5. The first-order chi connectivity index (χ1) is 19.5. The van der Waals surface area contributed by atoms with Crippen LogP contribution in [0.2, 0.25) is 5.02 Å². The van der Waals surface area contributed by atoms with E-state index in [4.69, 9.17) is 11.6 Å². The highest BCUT2D eigenvalue weighted by molar-refractivity contribution is 6.31. The number of alkyl halides is 3. The number of pyridine rings is 1. The molecule has 6 nitrogen and oxygen atoms in total. The topological polar surface area (TPSA) is 75.5 Å². The van der Waals surface area contributed by atoms with Gasteiger partial charge in [-0.2, -0.15) is 13.2 Å². The van der Waals surface area contributed by atoms with E-state index in [-0.39, 0.29) is 33.5 Å². The van der Waals surface area contributed by atoms with Crippen molar-refractivity contribution in [3.8, 4) is 11.1 Å². The van der Waals surface area contributed by atoms with Crippen LogP contribution in [0.1, 0.15) is 43.4 Å². The number of nitrogens with one attached hydrogen (secondary N) is 2. The second-order valence-corrected chi connectivity index (χ2v) is 9.76. The zero-order valence-corrected chi connectivity index (χ0v) is 21.3. The van der Waals surface area contributed by atoms with Crippen molar-refractivity contribution in [2.24, 2.45) is 0 Å². The Labute approximate surface area is 233 Å². The first-order valence-electron chi connectivity index (χ1n) is 12.0. The van der Waals surface area contributed by atoms with Crippen LogP contribution in [0.15, 0.2) is 79.3 Å². The number of imidazole rings is 1. The molecule has 0 aliphatic carbocycles. The van der Waals surface area contributed by atoms with Crippen LogP contribution in [-0.4, -0.2) is 21.2 Å². The molecule has 1 aliphatic rings. The fraction of sp³-hybridized carbons (Fsp3) is 0.0690. The standard InChI is InChI=1S/C29H16ClF5N4O2/c30-22-3-2-18(31)12-20(22)26-25-21(28(41)38-26)9-15(14-1-4-24-36-5-6-39(24)13-14)10-23(25)37-27(40)16-7-17(29(33,34)35)11-19(32)8-16/h1-13,26H,(H,37,40)(H,38,41)/t26-/m1/s1. The summed E-state index contributed by atoms with van der Waals surface area (Å²) in [5.74, 6) is -3.47. The van der Waals surface area contributed by atoms with E-state index in [9.17, 15) is 31.5 Å². The fourth-order valence-electron chi connectivity index (χ4n) is 4.84. The van der Waals surface area contributed by atoms with Crippen LogP contribution in [0.4, 0.5) is 27.6 Å². The Morgan fingerprint density at radius 1 is 0.976 bits per heavy atom. The van der Waals surface area contributed by atoms with Crippen molar-refractivity contribution in [3.63, 3.8) is 0 Å². The first-order valence-corrected chi connectivity index (χ1v) is 12.4. The predicted molar refractivity (Wildman–Crippen MR) is 141 cm³/mol. The third kappa shape index (κ3) is 4.89. The Morgan fingerprint density at radius 3 is 2.56 bits per heavy atom. The molecule has 0 unspecified atom stereocenters. The van der Waals surface area contributed by atoms with Gasteiger partial charge in [0.05, 0.1) is 11.6 Å². The number of nitrogens with zero attached hydrogens (tertiary/aromatic N) is 2. The van der Waals surface area contributed by atoms with Crippen molar-refractivity contribution in [2.75, 3.05) is 5.32 Å². The molecule has 1 aliphatic heterocycles. The fourth-order valence-corrected chi connectivity index (χ4v) is 5.07. The Hall–Kier alpha value is -4.77. The van der Waals surface area contributed by atoms with E-state index in [0.717, 1.165) is 12.1 Å². The maximum Gasteiger partial charge on any atom is 0.416 e. The van der Waals surface area contributed by atoms with Crippen LogP contribution >= 0.6 is 11.6 Å². The van der Waals surface area contributed by atoms with Gasteiger partial charge in [0.15, 0.2) is 0 Å². The van der Waals surface area contributed by atoms with Gasteiger partial charge in [-0.3, -0.25) is 9.59 Å². The van der Waals surface area contributed by atoms with Gasteiger partial charge < -0.3 is 15.0 Å². The van der Waals surface area contributed by atoms with Crippen LogP contribution in [0.25, 0.3) is 16.8 Å². The number of halogens is 6. The Morgan fingerprint density at radius 2 is 1.78 bits per heavy atom. The van der Waals surface area contributed by atoms with Crippen LogP contribution in [0.5, 0.6) is 0 Å². The molecule has 41 heavy (non-hydrogen) atoms. The zero-order valence-electron chi connectivity index (χ0n) is 20.6. The monoisotopic (exact) mass is 582 g/mol. The van der Waals surface area contributed by atoms with Crippen molar-refractivity contribution in [1.29, 1.82) is 0 Å². The average Bonchev–Trinajstić information content (AvgIpc) is 3.53. The highest BCUT2D eigenvalue weighted by atomic mass is 35.5. The SMILES string of the molecule is O=C(Nc1cc(-c2ccc3nccn3c2)cc2c1[C@@H](c1cc(F)ccc1Cl)NC2=O)c1cc(F)cc(C(F)(F)F)c1. The van der Waals surface area contributed by atoms with E-state index in [1.165, 1.54) is 12.1 Å². The molecule has 206 valence electrons. The summed E-state index contributed by atoms with van der Waals surface area (Å²) in [4.78, 5) is 30.6. The molecular formula is C29H16ClF5N4O2. The Bertz CT molecular complexity index is 1890. The molecule has 6 rings (SSSR count). The lowest BCUT2D eigenvalue weighted by atomic mass is 9.93. The quantitative estimate of drug-likeness (QED) is 0.223. The summed E-state index contributed by atoms with van der Waals surface area (Å²) in [5, 5.41) is 5.41. The van der Waals surface area contributed by atoms with Crippen LogP contribution in [0.3, 0.4) is 0 Å². The largest absolute Gasteiger partial charge is 0.416 e. The van der Waals surface area contributed by atoms with Gasteiger partial charge in [0.25, 0.3) is 11.8 Å². The van der Waals surface area contributed by atoms with Crippen molar-refractivity contribution in [1.82, 2.24) is 14.7 Å². The van der Waals surface area contributed by atoms with Crippen molar-refractivity contribution in [3.05, 3.63) is 124 Å². The van der Waals surface area contributed by atoms with E-state index in [0.29, 0.717) is 28.9 Å². The minimum absolute atomic E-state index is 0.0368. The molecule has 0 fully saturated rings. The molecule has 2 N–H and O–H groups in total. The van der Waals surface area contributed by atoms with Crippen LogP contribution in [0, 0.1) is 11.6 Å². The summed E-state index contributed by atoms with van der Waals surface area (Å²) in [6, 6.07) is 10.7. The summed E-state index contributed by atoms with van der Waals surface area (Å²) in [6.07, 6.45) is 0.166.